The molecule has 1 aliphatic heterocycles. The highest BCUT2D eigenvalue weighted by atomic mass is 16.5. The lowest BCUT2D eigenvalue weighted by Crippen LogP contribution is -2.41. The summed E-state index contributed by atoms with van der Waals surface area (Å²) < 4.78 is 0. The second kappa shape index (κ2) is 9.71. The third-order valence-corrected chi connectivity index (χ3v) is 5.07. The summed E-state index contributed by atoms with van der Waals surface area (Å²) >= 11 is 0. The smallest absolute Gasteiger partial charge is 0.246 e. The van der Waals surface area contributed by atoms with E-state index in [-0.39, 0.29) is 11.8 Å². The molecule has 1 N–H and O–H groups in total. The number of benzene rings is 1. The molecule has 0 unspecified atom stereocenters. The first kappa shape index (κ1) is 18.0. The largest absolute Gasteiger partial charge is 0.286 e. The van der Waals surface area contributed by atoms with Gasteiger partial charge in [0, 0.05) is 12.3 Å². The van der Waals surface area contributed by atoms with Crippen molar-refractivity contribution in [2.24, 2.45) is 5.92 Å². The first-order valence-electron chi connectivity index (χ1n) is 9.26. The van der Waals surface area contributed by atoms with Crippen LogP contribution in [0.5, 0.6) is 0 Å². The van der Waals surface area contributed by atoms with Crippen molar-refractivity contribution >= 4 is 5.91 Å². The molecule has 3 nitrogen and oxygen atoms in total. The fourth-order valence-corrected chi connectivity index (χ4v) is 3.65. The van der Waals surface area contributed by atoms with Crippen LogP contribution in [-0.4, -0.2) is 22.7 Å². The van der Waals surface area contributed by atoms with E-state index in [1.165, 1.54) is 50.5 Å². The third kappa shape index (κ3) is 5.65. The molecule has 1 fully saturated rings. The van der Waals surface area contributed by atoms with Gasteiger partial charge in [0.15, 0.2) is 0 Å². The number of hydrogen-bond acceptors (Lipinski definition) is 2. The van der Waals surface area contributed by atoms with Crippen molar-refractivity contribution in [3.8, 4) is 0 Å². The van der Waals surface area contributed by atoms with E-state index in [1.54, 1.807) is 0 Å². The topological polar surface area (TPSA) is 40.5 Å². The van der Waals surface area contributed by atoms with Gasteiger partial charge in [0.05, 0.1) is 6.54 Å². The second-order valence-corrected chi connectivity index (χ2v) is 6.87. The van der Waals surface area contributed by atoms with Gasteiger partial charge in [-0.05, 0) is 17.9 Å². The standard InChI is InChI=1S/C20H31NO2/c1-2-3-4-5-6-7-9-14-18-15-20(22)21(23)16-19(18)17-12-10-8-11-13-17/h8,10-13,18-19,23H,2-7,9,14-16H2,1H3/t18-,19-/m1/s1. The Morgan fingerprint density at radius 2 is 1.70 bits per heavy atom. The maximum absolute atomic E-state index is 11.9. The normalized spacial score (nSPS) is 21.7. The maximum Gasteiger partial charge on any atom is 0.246 e. The Balaban J connectivity index is 1.83. The van der Waals surface area contributed by atoms with Gasteiger partial charge in [-0.2, -0.15) is 0 Å². The molecule has 0 aliphatic carbocycles. The minimum absolute atomic E-state index is 0.120. The fourth-order valence-electron chi connectivity index (χ4n) is 3.65. The van der Waals surface area contributed by atoms with Crippen molar-refractivity contribution in [2.75, 3.05) is 6.54 Å². The van der Waals surface area contributed by atoms with E-state index >= 15 is 0 Å². The quantitative estimate of drug-likeness (QED) is 0.505. The molecule has 1 heterocycles. The van der Waals surface area contributed by atoms with Gasteiger partial charge in [0.2, 0.25) is 5.91 Å². The highest BCUT2D eigenvalue weighted by molar-refractivity contribution is 5.76. The van der Waals surface area contributed by atoms with Crippen molar-refractivity contribution in [1.29, 1.82) is 0 Å². The highest BCUT2D eigenvalue weighted by Crippen LogP contribution is 2.35. The summed E-state index contributed by atoms with van der Waals surface area (Å²) in [5, 5.41) is 10.7. The number of piperidine rings is 1. The molecule has 0 bridgehead atoms. The average molecular weight is 317 g/mol. The summed E-state index contributed by atoms with van der Waals surface area (Å²) in [6, 6.07) is 10.3. The summed E-state index contributed by atoms with van der Waals surface area (Å²) in [6.07, 6.45) is 10.7. The van der Waals surface area contributed by atoms with Gasteiger partial charge in [-0.15, -0.1) is 0 Å². The van der Waals surface area contributed by atoms with Gasteiger partial charge in [0.1, 0.15) is 0 Å². The van der Waals surface area contributed by atoms with Crippen LogP contribution in [-0.2, 0) is 4.79 Å². The van der Waals surface area contributed by atoms with Crippen molar-refractivity contribution in [3.05, 3.63) is 35.9 Å². The Hall–Kier alpha value is -1.35. The number of unbranched alkanes of at least 4 members (excludes halogenated alkanes) is 6. The summed E-state index contributed by atoms with van der Waals surface area (Å²) in [5.41, 5.74) is 1.24. The van der Waals surface area contributed by atoms with Crippen LogP contribution in [0, 0.1) is 5.92 Å². The molecule has 1 aromatic rings. The molecule has 128 valence electrons. The van der Waals surface area contributed by atoms with Gasteiger partial charge in [0.25, 0.3) is 0 Å². The van der Waals surface area contributed by atoms with Crippen LogP contribution in [0.4, 0.5) is 0 Å². The predicted molar refractivity (Wildman–Crippen MR) is 93.4 cm³/mol. The van der Waals surface area contributed by atoms with E-state index < -0.39 is 0 Å². The van der Waals surface area contributed by atoms with E-state index in [1.807, 2.05) is 18.2 Å². The number of nitrogens with zero attached hydrogens (tertiary/aromatic N) is 1. The number of amides is 1. The second-order valence-electron chi connectivity index (χ2n) is 6.87. The molecule has 2 rings (SSSR count). The summed E-state index contributed by atoms with van der Waals surface area (Å²) in [5.74, 6) is 0.507. The lowest BCUT2D eigenvalue weighted by atomic mass is 9.78. The minimum atomic E-state index is -0.120. The molecule has 1 amide bonds. The summed E-state index contributed by atoms with van der Waals surface area (Å²) in [4.78, 5) is 11.9. The Bertz CT molecular complexity index is 460. The molecule has 0 spiro atoms. The van der Waals surface area contributed by atoms with E-state index in [4.69, 9.17) is 0 Å². The zero-order valence-corrected chi connectivity index (χ0v) is 14.4. The van der Waals surface area contributed by atoms with Crippen molar-refractivity contribution in [3.63, 3.8) is 0 Å². The summed E-state index contributed by atoms with van der Waals surface area (Å²) in [7, 11) is 0. The molecule has 0 radical (unpaired) electrons. The van der Waals surface area contributed by atoms with Crippen LogP contribution in [0.2, 0.25) is 0 Å². The SMILES string of the molecule is CCCCCCCCC[C@@H]1CC(=O)N(O)C[C@@H]1c1ccccc1. The Morgan fingerprint density at radius 1 is 1.04 bits per heavy atom. The van der Waals surface area contributed by atoms with E-state index in [9.17, 15) is 10.0 Å². The predicted octanol–water partition coefficient (Wildman–Crippen LogP) is 5.15. The summed E-state index contributed by atoms with van der Waals surface area (Å²) in [6.45, 7) is 2.68. The first-order valence-corrected chi connectivity index (χ1v) is 9.26. The van der Waals surface area contributed by atoms with Crippen molar-refractivity contribution in [2.45, 2.75) is 70.6 Å². The molecule has 0 saturated carbocycles. The molecule has 2 atom stereocenters. The monoisotopic (exact) mass is 317 g/mol. The van der Waals surface area contributed by atoms with Gasteiger partial charge in [-0.1, -0.05) is 82.2 Å². The zero-order valence-electron chi connectivity index (χ0n) is 14.4. The molecule has 23 heavy (non-hydrogen) atoms. The van der Waals surface area contributed by atoms with Crippen LogP contribution in [0.25, 0.3) is 0 Å². The molecular formula is C20H31NO2. The molecule has 1 aliphatic rings. The van der Waals surface area contributed by atoms with Crippen molar-refractivity contribution in [1.82, 2.24) is 5.06 Å². The third-order valence-electron chi connectivity index (χ3n) is 5.07. The van der Waals surface area contributed by atoms with Crippen LogP contribution in [0.15, 0.2) is 30.3 Å². The van der Waals surface area contributed by atoms with E-state index in [0.29, 0.717) is 18.9 Å². The molecule has 0 aromatic heterocycles. The van der Waals surface area contributed by atoms with Crippen LogP contribution >= 0.6 is 0 Å². The van der Waals surface area contributed by atoms with Gasteiger partial charge in [-0.25, -0.2) is 5.06 Å². The fraction of sp³-hybridized carbons (Fsp3) is 0.650. The Kier molecular flexibility index (Phi) is 7.60. The Labute approximate surface area is 140 Å². The molecule has 1 aromatic carbocycles. The number of carbonyl (C=O) groups excluding carboxylic acids is 1. The molecular weight excluding hydrogens is 286 g/mol. The lowest BCUT2D eigenvalue weighted by molar-refractivity contribution is -0.174. The van der Waals surface area contributed by atoms with Gasteiger partial charge in [-0.3, -0.25) is 10.0 Å². The molecule has 1 saturated heterocycles. The lowest BCUT2D eigenvalue weighted by Gasteiger charge is -2.35. The number of hydrogen-bond donors (Lipinski definition) is 1. The average Bonchev–Trinajstić information content (AvgIpc) is 2.57. The van der Waals surface area contributed by atoms with Crippen molar-refractivity contribution < 1.29 is 10.0 Å². The highest BCUT2D eigenvalue weighted by Gasteiger charge is 2.33. The van der Waals surface area contributed by atoms with E-state index in [2.05, 4.69) is 19.1 Å². The van der Waals surface area contributed by atoms with Gasteiger partial charge >= 0.3 is 0 Å². The first-order chi connectivity index (χ1) is 11.2. The van der Waals surface area contributed by atoms with Crippen LogP contribution in [0.1, 0.15) is 76.2 Å². The maximum atomic E-state index is 11.9. The van der Waals surface area contributed by atoms with Crippen LogP contribution < -0.4 is 0 Å². The number of hydroxylamine groups is 2. The minimum Gasteiger partial charge on any atom is -0.286 e. The van der Waals surface area contributed by atoms with E-state index in [0.717, 1.165) is 11.5 Å². The van der Waals surface area contributed by atoms with Gasteiger partial charge < -0.3 is 0 Å². The van der Waals surface area contributed by atoms with Crippen LogP contribution in [0.3, 0.4) is 0 Å². The zero-order chi connectivity index (χ0) is 16.5. The number of carbonyl (C=O) groups is 1. The number of rotatable bonds is 9. The molecule has 3 heteroatoms. The Morgan fingerprint density at radius 3 is 2.39 bits per heavy atom.